The second kappa shape index (κ2) is 7.02. The lowest BCUT2D eigenvalue weighted by Crippen LogP contribution is -2.48. The molecule has 5 heteroatoms. The highest BCUT2D eigenvalue weighted by Gasteiger charge is 2.35. The number of likely N-dealkylation sites (tertiary alicyclic amines) is 1. The fourth-order valence-corrected chi connectivity index (χ4v) is 3.38. The Morgan fingerprint density at radius 1 is 1.43 bits per heavy atom. The number of ether oxygens (including phenoxy) is 1. The lowest BCUT2D eigenvalue weighted by molar-refractivity contribution is -0.146. The van der Waals surface area contributed by atoms with Crippen LogP contribution in [0.2, 0.25) is 0 Å². The zero-order valence-electron chi connectivity index (χ0n) is 13.8. The summed E-state index contributed by atoms with van der Waals surface area (Å²) < 4.78 is 5.24. The predicted octanol–water partition coefficient (Wildman–Crippen LogP) is 2.98. The number of methoxy groups -OCH3 is 1. The van der Waals surface area contributed by atoms with Crippen LogP contribution in [0.1, 0.15) is 44.6 Å². The van der Waals surface area contributed by atoms with Crippen LogP contribution in [0, 0.1) is 0 Å². The average Bonchev–Trinajstić information content (AvgIpc) is 3.11. The van der Waals surface area contributed by atoms with Crippen LogP contribution in [0.4, 0.5) is 0 Å². The Bertz CT molecular complexity index is 600. The fourth-order valence-electron chi connectivity index (χ4n) is 3.38. The highest BCUT2D eigenvalue weighted by Crippen LogP contribution is 2.25. The topological polar surface area (TPSA) is 51.1 Å². The van der Waals surface area contributed by atoms with Crippen molar-refractivity contribution < 1.29 is 14.4 Å². The molecule has 0 bridgehead atoms. The molecule has 0 spiro atoms. The van der Waals surface area contributed by atoms with Crippen LogP contribution in [-0.2, 0) is 9.63 Å². The Kier molecular flexibility index (Phi) is 4.84. The van der Waals surface area contributed by atoms with Gasteiger partial charge in [0.2, 0.25) is 6.10 Å². The number of nitrogens with zero attached hydrogens (tertiary/aromatic N) is 2. The van der Waals surface area contributed by atoms with Crippen LogP contribution in [0.3, 0.4) is 0 Å². The largest absolute Gasteiger partial charge is 0.497 e. The lowest BCUT2D eigenvalue weighted by Gasteiger charge is -2.36. The van der Waals surface area contributed by atoms with Crippen molar-refractivity contribution in [3.05, 3.63) is 29.8 Å². The highest BCUT2D eigenvalue weighted by atomic mass is 16.6. The van der Waals surface area contributed by atoms with E-state index in [9.17, 15) is 4.79 Å². The maximum atomic E-state index is 12.8. The van der Waals surface area contributed by atoms with Gasteiger partial charge in [-0.2, -0.15) is 0 Å². The lowest BCUT2D eigenvalue weighted by atomic mass is 9.98. The van der Waals surface area contributed by atoms with Gasteiger partial charge < -0.3 is 14.5 Å². The van der Waals surface area contributed by atoms with Crippen molar-refractivity contribution in [3.63, 3.8) is 0 Å². The van der Waals surface area contributed by atoms with E-state index in [0.717, 1.165) is 42.8 Å². The third-order valence-electron chi connectivity index (χ3n) is 4.73. The Labute approximate surface area is 137 Å². The predicted molar refractivity (Wildman–Crippen MR) is 88.7 cm³/mol. The summed E-state index contributed by atoms with van der Waals surface area (Å²) in [6.07, 6.45) is 4.43. The van der Waals surface area contributed by atoms with Gasteiger partial charge in [-0.3, -0.25) is 4.79 Å². The van der Waals surface area contributed by atoms with Gasteiger partial charge in [0.05, 0.1) is 12.8 Å². The smallest absolute Gasteiger partial charge is 0.267 e. The summed E-state index contributed by atoms with van der Waals surface area (Å²) in [5.74, 6) is 0.861. The monoisotopic (exact) mass is 316 g/mol. The number of hydrogen-bond acceptors (Lipinski definition) is 4. The van der Waals surface area contributed by atoms with Crippen molar-refractivity contribution in [3.8, 4) is 5.75 Å². The number of hydrogen-bond donors (Lipinski definition) is 0. The molecule has 1 aromatic rings. The van der Waals surface area contributed by atoms with Gasteiger partial charge >= 0.3 is 0 Å². The number of amides is 1. The molecule has 0 saturated carbocycles. The molecule has 0 aliphatic carbocycles. The van der Waals surface area contributed by atoms with E-state index in [2.05, 4.69) is 12.1 Å². The molecular weight excluding hydrogens is 292 g/mol. The molecule has 1 amide bonds. The highest BCUT2D eigenvalue weighted by molar-refractivity contribution is 6.04. The molecule has 0 N–H and O–H groups in total. The van der Waals surface area contributed by atoms with Gasteiger partial charge in [0.1, 0.15) is 5.75 Å². The normalized spacial score (nSPS) is 24.1. The van der Waals surface area contributed by atoms with Crippen molar-refractivity contribution in [2.75, 3.05) is 13.7 Å². The minimum atomic E-state index is -0.483. The van der Waals surface area contributed by atoms with E-state index in [0.29, 0.717) is 12.5 Å². The number of carbonyl (C=O) groups excluding carboxylic acids is 1. The van der Waals surface area contributed by atoms with Crippen molar-refractivity contribution in [2.45, 2.75) is 51.2 Å². The first-order chi connectivity index (χ1) is 11.2. The molecule has 0 radical (unpaired) electrons. The van der Waals surface area contributed by atoms with Gasteiger partial charge in [0, 0.05) is 24.6 Å². The number of oxime groups is 1. The van der Waals surface area contributed by atoms with E-state index in [1.54, 1.807) is 7.11 Å². The van der Waals surface area contributed by atoms with Crippen LogP contribution in [0.5, 0.6) is 5.75 Å². The number of piperidine rings is 1. The molecule has 3 rings (SSSR count). The van der Waals surface area contributed by atoms with Crippen LogP contribution in [-0.4, -0.2) is 42.3 Å². The van der Waals surface area contributed by atoms with Gasteiger partial charge in [-0.05, 0) is 37.8 Å². The average molecular weight is 316 g/mol. The standard InChI is InChI=1S/C18H24N2O3/c1-3-14-8-4-5-10-20(14)18(21)17-12-16(19-23-17)13-7-6-9-15(11-13)22-2/h6-7,9,11,14,17H,3-5,8,10,12H2,1-2H3/t14-,17+/m1/s1. The Balaban J connectivity index is 1.67. The SMILES string of the molecule is CC[C@@H]1CCCCN1C(=O)[C@@H]1CC(c2cccc(OC)c2)=NO1. The van der Waals surface area contributed by atoms with E-state index < -0.39 is 6.10 Å². The molecule has 0 aromatic heterocycles. The molecule has 2 atom stereocenters. The van der Waals surface area contributed by atoms with Gasteiger partial charge in [-0.1, -0.05) is 24.2 Å². The zero-order chi connectivity index (χ0) is 16.2. The fraction of sp³-hybridized carbons (Fsp3) is 0.556. The van der Waals surface area contributed by atoms with Gasteiger partial charge in [0.25, 0.3) is 5.91 Å². The number of carbonyl (C=O) groups is 1. The van der Waals surface area contributed by atoms with E-state index in [1.165, 1.54) is 6.42 Å². The summed E-state index contributed by atoms with van der Waals surface area (Å²) in [4.78, 5) is 20.2. The summed E-state index contributed by atoms with van der Waals surface area (Å²) >= 11 is 0. The maximum absolute atomic E-state index is 12.8. The molecule has 124 valence electrons. The van der Waals surface area contributed by atoms with Crippen LogP contribution < -0.4 is 4.74 Å². The molecule has 1 aromatic carbocycles. The van der Waals surface area contributed by atoms with E-state index in [-0.39, 0.29) is 5.91 Å². The summed E-state index contributed by atoms with van der Waals surface area (Å²) in [7, 11) is 1.64. The quantitative estimate of drug-likeness (QED) is 0.858. The molecule has 5 nitrogen and oxygen atoms in total. The maximum Gasteiger partial charge on any atom is 0.267 e. The first-order valence-electron chi connectivity index (χ1n) is 8.40. The molecule has 1 fully saturated rings. The van der Waals surface area contributed by atoms with Crippen LogP contribution >= 0.6 is 0 Å². The van der Waals surface area contributed by atoms with Crippen molar-refractivity contribution in [2.24, 2.45) is 5.16 Å². The van der Waals surface area contributed by atoms with Gasteiger partial charge in [-0.25, -0.2) is 0 Å². The summed E-state index contributed by atoms with van der Waals surface area (Å²) in [5.41, 5.74) is 1.76. The summed E-state index contributed by atoms with van der Waals surface area (Å²) in [6, 6.07) is 8.05. The van der Waals surface area contributed by atoms with Crippen LogP contribution in [0.25, 0.3) is 0 Å². The third-order valence-corrected chi connectivity index (χ3v) is 4.73. The minimum Gasteiger partial charge on any atom is -0.497 e. The van der Waals surface area contributed by atoms with Gasteiger partial charge in [-0.15, -0.1) is 0 Å². The molecule has 2 heterocycles. The Morgan fingerprint density at radius 2 is 2.30 bits per heavy atom. The number of rotatable bonds is 4. The molecule has 2 aliphatic heterocycles. The summed E-state index contributed by atoms with van der Waals surface area (Å²) in [6.45, 7) is 2.98. The van der Waals surface area contributed by atoms with E-state index in [1.807, 2.05) is 29.2 Å². The van der Waals surface area contributed by atoms with Gasteiger partial charge in [0.15, 0.2) is 0 Å². The van der Waals surface area contributed by atoms with Crippen molar-refractivity contribution >= 4 is 11.6 Å². The molecule has 23 heavy (non-hydrogen) atoms. The molecule has 0 unspecified atom stereocenters. The van der Waals surface area contributed by atoms with E-state index >= 15 is 0 Å². The minimum absolute atomic E-state index is 0.0817. The second-order valence-electron chi connectivity index (χ2n) is 6.16. The van der Waals surface area contributed by atoms with Crippen LogP contribution in [0.15, 0.2) is 29.4 Å². The summed E-state index contributed by atoms with van der Waals surface area (Å²) in [5, 5.41) is 4.14. The number of benzene rings is 1. The Morgan fingerprint density at radius 3 is 3.09 bits per heavy atom. The first kappa shape index (κ1) is 15.8. The first-order valence-corrected chi connectivity index (χ1v) is 8.40. The van der Waals surface area contributed by atoms with Crippen molar-refractivity contribution in [1.29, 1.82) is 0 Å². The second-order valence-corrected chi connectivity index (χ2v) is 6.16. The Hall–Kier alpha value is -2.04. The zero-order valence-corrected chi connectivity index (χ0v) is 13.8. The van der Waals surface area contributed by atoms with Crippen molar-refractivity contribution in [1.82, 2.24) is 4.90 Å². The molecule has 1 saturated heterocycles. The van der Waals surface area contributed by atoms with E-state index in [4.69, 9.17) is 9.57 Å². The third kappa shape index (κ3) is 3.33. The molecule has 2 aliphatic rings. The molecular formula is C18H24N2O3.